The highest BCUT2D eigenvalue weighted by Crippen LogP contribution is 2.20. The quantitative estimate of drug-likeness (QED) is 0.668. The molecule has 0 aliphatic rings. The van der Waals surface area contributed by atoms with Crippen molar-refractivity contribution in [3.63, 3.8) is 0 Å². The van der Waals surface area contributed by atoms with Crippen molar-refractivity contribution < 1.29 is 4.79 Å². The van der Waals surface area contributed by atoms with Gasteiger partial charge < -0.3 is 10.6 Å². The van der Waals surface area contributed by atoms with Gasteiger partial charge in [-0.05, 0) is 49.2 Å². The molecule has 2 N–H and O–H groups in total. The van der Waals surface area contributed by atoms with E-state index in [0.717, 1.165) is 34.4 Å². The molecule has 0 radical (unpaired) electrons. The molecule has 1 aromatic heterocycles. The minimum Gasteiger partial charge on any atom is -0.384 e. The molecule has 1 amide bonds. The first-order valence-corrected chi connectivity index (χ1v) is 8.67. The number of hydrogen-bond donors (Lipinski definition) is 2. The summed E-state index contributed by atoms with van der Waals surface area (Å²) in [5.41, 5.74) is 3.15. The highest BCUT2D eigenvalue weighted by molar-refractivity contribution is 9.10. The summed E-state index contributed by atoms with van der Waals surface area (Å²) in [7, 11) is 0. The van der Waals surface area contributed by atoms with Gasteiger partial charge in [-0.3, -0.25) is 4.79 Å². The molecule has 2 rings (SSSR count). The van der Waals surface area contributed by atoms with Crippen molar-refractivity contribution in [1.82, 2.24) is 4.98 Å². The number of rotatable bonds is 7. The summed E-state index contributed by atoms with van der Waals surface area (Å²) in [5, 5.41) is 6.20. The van der Waals surface area contributed by atoms with Crippen LogP contribution < -0.4 is 10.6 Å². The first kappa shape index (κ1) is 17.5. The number of halogens is 1. The number of aryl methyl sites for hydroxylation is 1. The molecule has 0 saturated heterocycles. The number of pyridine rings is 1. The van der Waals surface area contributed by atoms with Gasteiger partial charge in [0, 0.05) is 16.7 Å². The lowest BCUT2D eigenvalue weighted by Crippen LogP contribution is -2.14. The molecule has 0 saturated carbocycles. The number of nitrogens with one attached hydrogen (secondary N) is 2. The van der Waals surface area contributed by atoms with E-state index >= 15 is 0 Å². The molecule has 122 valence electrons. The number of carbonyl (C=O) groups excluding carboxylic acids is 1. The maximum atomic E-state index is 12.3. The normalized spacial score (nSPS) is 10.4. The molecule has 4 nitrogen and oxygen atoms in total. The third-order valence-electron chi connectivity index (χ3n) is 3.54. The SMILES string of the molecule is CCCCCNc1ccc(C(=O)Nc2ccc(Br)cc2C)nc1. The van der Waals surface area contributed by atoms with Gasteiger partial charge in [0.05, 0.1) is 11.9 Å². The summed E-state index contributed by atoms with van der Waals surface area (Å²) in [6.07, 6.45) is 5.26. The highest BCUT2D eigenvalue weighted by atomic mass is 79.9. The summed E-state index contributed by atoms with van der Waals surface area (Å²) in [6.45, 7) is 5.07. The van der Waals surface area contributed by atoms with Gasteiger partial charge in [0.25, 0.3) is 5.91 Å². The average molecular weight is 376 g/mol. The molecule has 5 heteroatoms. The van der Waals surface area contributed by atoms with Crippen LogP contribution in [0.2, 0.25) is 0 Å². The van der Waals surface area contributed by atoms with E-state index in [1.807, 2.05) is 31.2 Å². The monoisotopic (exact) mass is 375 g/mol. The average Bonchev–Trinajstić information content (AvgIpc) is 2.55. The van der Waals surface area contributed by atoms with Crippen LogP contribution >= 0.6 is 15.9 Å². The molecule has 0 fully saturated rings. The van der Waals surface area contributed by atoms with Crippen LogP contribution in [0.5, 0.6) is 0 Å². The van der Waals surface area contributed by atoms with Crippen LogP contribution in [0, 0.1) is 6.92 Å². The van der Waals surface area contributed by atoms with Gasteiger partial charge in [0.15, 0.2) is 0 Å². The lowest BCUT2D eigenvalue weighted by Gasteiger charge is -2.09. The summed E-state index contributed by atoms with van der Waals surface area (Å²) in [4.78, 5) is 16.5. The van der Waals surface area contributed by atoms with Crippen LogP contribution in [0.25, 0.3) is 0 Å². The van der Waals surface area contributed by atoms with E-state index in [1.54, 1.807) is 12.3 Å². The Balaban J connectivity index is 1.94. The third-order valence-corrected chi connectivity index (χ3v) is 4.04. The Labute approximate surface area is 145 Å². The van der Waals surface area contributed by atoms with Gasteiger partial charge in [-0.25, -0.2) is 4.98 Å². The second-order valence-electron chi connectivity index (χ2n) is 5.48. The standard InChI is InChI=1S/C18H22BrN3O/c1-3-4-5-10-20-15-7-9-17(21-12-15)18(23)22-16-8-6-14(19)11-13(16)2/h6-9,11-12,20H,3-5,10H2,1-2H3,(H,22,23). The van der Waals surface area contributed by atoms with Crippen molar-refractivity contribution in [2.45, 2.75) is 33.1 Å². The fourth-order valence-corrected chi connectivity index (χ4v) is 2.67. The molecule has 0 spiro atoms. The van der Waals surface area contributed by atoms with E-state index in [0.29, 0.717) is 5.69 Å². The second kappa shape index (κ2) is 8.67. The van der Waals surface area contributed by atoms with Crippen molar-refractivity contribution in [2.75, 3.05) is 17.2 Å². The fourth-order valence-electron chi connectivity index (χ4n) is 2.19. The smallest absolute Gasteiger partial charge is 0.274 e. The number of carbonyl (C=O) groups is 1. The van der Waals surface area contributed by atoms with E-state index < -0.39 is 0 Å². The van der Waals surface area contributed by atoms with Crippen LogP contribution in [0.3, 0.4) is 0 Å². The maximum absolute atomic E-state index is 12.3. The fraction of sp³-hybridized carbons (Fsp3) is 0.333. The van der Waals surface area contributed by atoms with Gasteiger partial charge in [0.2, 0.25) is 0 Å². The molecule has 0 aliphatic carbocycles. The Kier molecular flexibility index (Phi) is 6.59. The Hall–Kier alpha value is -1.88. The lowest BCUT2D eigenvalue weighted by atomic mass is 10.2. The number of amides is 1. The number of anilines is 2. The largest absolute Gasteiger partial charge is 0.384 e. The predicted molar refractivity (Wildman–Crippen MR) is 99.1 cm³/mol. The summed E-state index contributed by atoms with van der Waals surface area (Å²) >= 11 is 3.41. The van der Waals surface area contributed by atoms with Crippen molar-refractivity contribution in [1.29, 1.82) is 0 Å². The van der Waals surface area contributed by atoms with Crippen molar-refractivity contribution >= 4 is 33.2 Å². The molecule has 23 heavy (non-hydrogen) atoms. The Morgan fingerprint density at radius 1 is 1.22 bits per heavy atom. The first-order valence-electron chi connectivity index (χ1n) is 7.87. The van der Waals surface area contributed by atoms with E-state index in [9.17, 15) is 4.79 Å². The molecule has 0 bridgehead atoms. The minimum atomic E-state index is -0.201. The Morgan fingerprint density at radius 3 is 2.70 bits per heavy atom. The molecule has 1 heterocycles. The van der Waals surface area contributed by atoms with E-state index in [4.69, 9.17) is 0 Å². The number of aromatic nitrogens is 1. The summed E-state index contributed by atoms with van der Waals surface area (Å²) < 4.78 is 0.990. The van der Waals surface area contributed by atoms with E-state index in [2.05, 4.69) is 38.5 Å². The van der Waals surface area contributed by atoms with Crippen LogP contribution in [0.15, 0.2) is 41.0 Å². The molecular weight excluding hydrogens is 354 g/mol. The van der Waals surface area contributed by atoms with Crippen molar-refractivity contribution in [3.8, 4) is 0 Å². The first-order chi connectivity index (χ1) is 11.1. The topological polar surface area (TPSA) is 54.0 Å². The van der Waals surface area contributed by atoms with Gasteiger partial charge >= 0.3 is 0 Å². The lowest BCUT2D eigenvalue weighted by molar-refractivity contribution is 0.102. The van der Waals surface area contributed by atoms with Gasteiger partial charge in [-0.1, -0.05) is 35.7 Å². The zero-order chi connectivity index (χ0) is 16.7. The summed E-state index contributed by atoms with van der Waals surface area (Å²) in [6, 6.07) is 9.38. The number of nitrogens with zero attached hydrogens (tertiary/aromatic N) is 1. The molecular formula is C18H22BrN3O. The third kappa shape index (κ3) is 5.36. The summed E-state index contributed by atoms with van der Waals surface area (Å²) in [5.74, 6) is -0.201. The zero-order valence-corrected chi connectivity index (χ0v) is 15.1. The molecule has 0 aliphatic heterocycles. The number of hydrogen-bond acceptors (Lipinski definition) is 3. The molecule has 2 aromatic rings. The molecule has 0 atom stereocenters. The Bertz CT molecular complexity index is 656. The number of unbranched alkanes of at least 4 members (excludes halogenated alkanes) is 2. The predicted octanol–water partition coefficient (Wildman–Crippen LogP) is 5.01. The Morgan fingerprint density at radius 2 is 2.04 bits per heavy atom. The van der Waals surface area contributed by atoms with Gasteiger partial charge in [-0.15, -0.1) is 0 Å². The van der Waals surface area contributed by atoms with Crippen molar-refractivity contribution in [3.05, 3.63) is 52.3 Å². The van der Waals surface area contributed by atoms with Gasteiger partial charge in [0.1, 0.15) is 5.69 Å². The van der Waals surface area contributed by atoms with Crippen LogP contribution in [0.4, 0.5) is 11.4 Å². The van der Waals surface area contributed by atoms with Crippen LogP contribution in [-0.2, 0) is 0 Å². The van der Waals surface area contributed by atoms with E-state index in [-0.39, 0.29) is 5.91 Å². The van der Waals surface area contributed by atoms with Crippen LogP contribution in [0.1, 0.15) is 42.2 Å². The van der Waals surface area contributed by atoms with Gasteiger partial charge in [-0.2, -0.15) is 0 Å². The molecule has 0 unspecified atom stereocenters. The minimum absolute atomic E-state index is 0.201. The van der Waals surface area contributed by atoms with Crippen molar-refractivity contribution in [2.24, 2.45) is 0 Å². The zero-order valence-electron chi connectivity index (χ0n) is 13.5. The number of benzene rings is 1. The highest BCUT2D eigenvalue weighted by Gasteiger charge is 2.09. The molecule has 1 aromatic carbocycles. The maximum Gasteiger partial charge on any atom is 0.274 e. The van der Waals surface area contributed by atoms with E-state index in [1.165, 1.54) is 12.8 Å². The second-order valence-corrected chi connectivity index (χ2v) is 6.40. The van der Waals surface area contributed by atoms with Crippen LogP contribution in [-0.4, -0.2) is 17.4 Å².